The molecule has 2 aromatic carbocycles. The molecular weight excluding hydrogens is 334 g/mol. The van der Waals surface area contributed by atoms with Crippen molar-refractivity contribution in [2.24, 2.45) is 0 Å². The van der Waals surface area contributed by atoms with Crippen molar-refractivity contribution in [1.82, 2.24) is 0 Å². The number of aldehydes is 1. The number of amides is 1. The fourth-order valence-corrected chi connectivity index (χ4v) is 2.72. The topological polar surface area (TPSA) is 72.9 Å². The average Bonchev–Trinajstić information content (AvgIpc) is 2.68. The second kappa shape index (κ2) is 7.82. The Bertz CT molecular complexity index is 829. The summed E-state index contributed by atoms with van der Waals surface area (Å²) in [5.74, 6) is 0.783. The Kier molecular flexibility index (Phi) is 5.31. The summed E-state index contributed by atoms with van der Waals surface area (Å²) in [6.07, 6.45) is 1.55. The number of fused-ring (bicyclic) bond motifs is 1. The summed E-state index contributed by atoms with van der Waals surface area (Å²) < 4.78 is 10.9. The van der Waals surface area contributed by atoms with Crippen LogP contribution in [0.2, 0.25) is 0 Å². The number of nitrogens with zero attached hydrogens (tertiary/aromatic N) is 1. The molecule has 134 valence electrons. The standard InChI is InChI=1S/C20H19NO5/c1-2-9-21-17-10-15(5-8-19(17)26-13-20(21)24)18(23)12-25-16-6-3-14(11-22)4-7-16/h3-8,10-11H,2,9,12-13H2,1H3. The quantitative estimate of drug-likeness (QED) is 0.565. The van der Waals surface area contributed by atoms with Gasteiger partial charge in [-0.1, -0.05) is 6.92 Å². The number of hydrogen-bond donors (Lipinski definition) is 0. The van der Waals surface area contributed by atoms with E-state index in [-0.39, 0.29) is 24.9 Å². The van der Waals surface area contributed by atoms with Crippen LogP contribution in [0.5, 0.6) is 11.5 Å². The van der Waals surface area contributed by atoms with E-state index < -0.39 is 0 Å². The molecule has 1 heterocycles. The van der Waals surface area contributed by atoms with E-state index in [9.17, 15) is 14.4 Å². The van der Waals surface area contributed by atoms with Crippen LogP contribution in [0.1, 0.15) is 34.1 Å². The van der Waals surface area contributed by atoms with E-state index in [1.54, 1.807) is 47.4 Å². The fourth-order valence-electron chi connectivity index (χ4n) is 2.72. The smallest absolute Gasteiger partial charge is 0.265 e. The molecule has 6 nitrogen and oxygen atoms in total. The molecule has 1 aliphatic heterocycles. The van der Waals surface area contributed by atoms with Gasteiger partial charge in [-0.25, -0.2) is 0 Å². The van der Waals surface area contributed by atoms with Crippen LogP contribution in [-0.2, 0) is 4.79 Å². The third-order valence-electron chi connectivity index (χ3n) is 4.06. The molecule has 26 heavy (non-hydrogen) atoms. The Labute approximate surface area is 151 Å². The number of ether oxygens (including phenoxy) is 2. The molecule has 0 aromatic heterocycles. The summed E-state index contributed by atoms with van der Waals surface area (Å²) in [5, 5.41) is 0. The van der Waals surface area contributed by atoms with E-state index in [0.29, 0.717) is 34.9 Å². The van der Waals surface area contributed by atoms with Crippen LogP contribution in [0.4, 0.5) is 5.69 Å². The third-order valence-corrected chi connectivity index (χ3v) is 4.06. The number of Topliss-reactive ketones (excluding diaryl/α,β-unsaturated/α-hetero) is 1. The molecule has 0 N–H and O–H groups in total. The molecule has 0 unspecified atom stereocenters. The summed E-state index contributed by atoms with van der Waals surface area (Å²) in [6, 6.07) is 11.6. The summed E-state index contributed by atoms with van der Waals surface area (Å²) in [5.41, 5.74) is 1.61. The number of rotatable bonds is 7. The van der Waals surface area contributed by atoms with Gasteiger partial charge in [-0.05, 0) is 48.9 Å². The Balaban J connectivity index is 1.73. The average molecular weight is 353 g/mol. The van der Waals surface area contributed by atoms with Gasteiger partial charge in [0.2, 0.25) is 0 Å². The molecule has 0 atom stereocenters. The largest absolute Gasteiger partial charge is 0.485 e. The maximum absolute atomic E-state index is 12.4. The third kappa shape index (κ3) is 3.74. The van der Waals surface area contributed by atoms with E-state index in [0.717, 1.165) is 12.7 Å². The summed E-state index contributed by atoms with van der Waals surface area (Å²) >= 11 is 0. The van der Waals surface area contributed by atoms with Gasteiger partial charge in [0.1, 0.15) is 17.8 Å². The molecule has 3 rings (SSSR count). The van der Waals surface area contributed by atoms with Crippen molar-refractivity contribution in [1.29, 1.82) is 0 Å². The van der Waals surface area contributed by atoms with Gasteiger partial charge < -0.3 is 14.4 Å². The van der Waals surface area contributed by atoms with Gasteiger partial charge in [0, 0.05) is 17.7 Å². The first-order valence-electron chi connectivity index (χ1n) is 8.41. The van der Waals surface area contributed by atoms with Gasteiger partial charge in [0.15, 0.2) is 19.0 Å². The minimum atomic E-state index is -0.207. The second-order valence-electron chi connectivity index (χ2n) is 5.92. The van der Waals surface area contributed by atoms with Gasteiger partial charge in [-0.15, -0.1) is 0 Å². The molecule has 1 amide bonds. The van der Waals surface area contributed by atoms with Crippen molar-refractivity contribution in [3.63, 3.8) is 0 Å². The summed E-state index contributed by atoms with van der Waals surface area (Å²) in [4.78, 5) is 36.8. The van der Waals surface area contributed by atoms with Crippen LogP contribution in [0.3, 0.4) is 0 Å². The molecule has 0 saturated heterocycles. The van der Waals surface area contributed by atoms with Crippen molar-refractivity contribution in [2.45, 2.75) is 13.3 Å². The minimum Gasteiger partial charge on any atom is -0.485 e. The number of carbonyl (C=O) groups excluding carboxylic acids is 3. The van der Waals surface area contributed by atoms with Crippen molar-refractivity contribution in [2.75, 3.05) is 24.7 Å². The Hall–Kier alpha value is -3.15. The van der Waals surface area contributed by atoms with Crippen molar-refractivity contribution in [3.8, 4) is 11.5 Å². The SMILES string of the molecule is CCCN1C(=O)COc2ccc(C(=O)COc3ccc(C=O)cc3)cc21. The lowest BCUT2D eigenvalue weighted by Gasteiger charge is -2.29. The molecule has 0 aliphatic carbocycles. The number of carbonyl (C=O) groups is 3. The predicted octanol–water partition coefficient (Wildman–Crippen LogP) is 2.90. The van der Waals surface area contributed by atoms with Gasteiger partial charge in [0.05, 0.1) is 5.69 Å². The maximum Gasteiger partial charge on any atom is 0.265 e. The number of hydrogen-bond acceptors (Lipinski definition) is 5. The Morgan fingerprint density at radius 2 is 2.00 bits per heavy atom. The lowest BCUT2D eigenvalue weighted by Crippen LogP contribution is -2.39. The highest BCUT2D eigenvalue weighted by molar-refractivity contribution is 6.02. The minimum absolute atomic E-state index is 0.0141. The lowest BCUT2D eigenvalue weighted by atomic mass is 10.1. The molecule has 2 aromatic rings. The first-order valence-corrected chi connectivity index (χ1v) is 8.41. The monoisotopic (exact) mass is 353 g/mol. The van der Waals surface area contributed by atoms with Crippen LogP contribution in [0.25, 0.3) is 0 Å². The predicted molar refractivity (Wildman–Crippen MR) is 96.2 cm³/mol. The van der Waals surface area contributed by atoms with Gasteiger partial charge in [0.25, 0.3) is 5.91 Å². The molecular formula is C20H19NO5. The maximum atomic E-state index is 12.4. The van der Waals surface area contributed by atoms with Gasteiger partial charge >= 0.3 is 0 Å². The van der Waals surface area contributed by atoms with Crippen LogP contribution in [-0.4, -0.2) is 37.7 Å². The zero-order valence-electron chi connectivity index (χ0n) is 14.4. The first kappa shape index (κ1) is 17.7. The van der Waals surface area contributed by atoms with Gasteiger partial charge in [-0.3, -0.25) is 14.4 Å². The van der Waals surface area contributed by atoms with E-state index in [1.807, 2.05) is 6.92 Å². The van der Waals surface area contributed by atoms with Crippen molar-refractivity contribution in [3.05, 3.63) is 53.6 Å². The molecule has 0 spiro atoms. The van der Waals surface area contributed by atoms with Crippen LogP contribution < -0.4 is 14.4 Å². The highest BCUT2D eigenvalue weighted by Crippen LogP contribution is 2.33. The molecule has 0 bridgehead atoms. The van der Waals surface area contributed by atoms with Crippen molar-refractivity contribution < 1.29 is 23.9 Å². The Morgan fingerprint density at radius 1 is 1.23 bits per heavy atom. The number of anilines is 1. The van der Waals surface area contributed by atoms with Crippen LogP contribution in [0.15, 0.2) is 42.5 Å². The lowest BCUT2D eigenvalue weighted by molar-refractivity contribution is -0.121. The van der Waals surface area contributed by atoms with E-state index in [2.05, 4.69) is 0 Å². The molecule has 6 heteroatoms. The zero-order valence-corrected chi connectivity index (χ0v) is 14.4. The first-order chi connectivity index (χ1) is 12.6. The van der Waals surface area contributed by atoms with Crippen molar-refractivity contribution >= 4 is 23.7 Å². The fraction of sp³-hybridized carbons (Fsp3) is 0.250. The second-order valence-corrected chi connectivity index (χ2v) is 5.92. The molecule has 0 radical (unpaired) electrons. The normalized spacial score (nSPS) is 13.0. The number of ketones is 1. The highest BCUT2D eigenvalue weighted by Gasteiger charge is 2.25. The van der Waals surface area contributed by atoms with Gasteiger partial charge in [-0.2, -0.15) is 0 Å². The zero-order chi connectivity index (χ0) is 18.5. The summed E-state index contributed by atoms with van der Waals surface area (Å²) in [6.45, 7) is 2.44. The Morgan fingerprint density at radius 3 is 2.69 bits per heavy atom. The highest BCUT2D eigenvalue weighted by atomic mass is 16.5. The van der Waals surface area contributed by atoms with Crippen LogP contribution >= 0.6 is 0 Å². The number of benzene rings is 2. The van der Waals surface area contributed by atoms with E-state index in [1.165, 1.54) is 0 Å². The van der Waals surface area contributed by atoms with E-state index in [4.69, 9.17) is 9.47 Å². The van der Waals surface area contributed by atoms with E-state index >= 15 is 0 Å². The molecule has 0 saturated carbocycles. The molecule has 1 aliphatic rings. The molecule has 0 fully saturated rings. The summed E-state index contributed by atoms with van der Waals surface area (Å²) in [7, 11) is 0. The van der Waals surface area contributed by atoms with Crippen LogP contribution in [0, 0.1) is 0 Å².